The number of piperidine rings is 1. The molecule has 6 nitrogen and oxygen atoms in total. The Balaban J connectivity index is 1.81. The minimum absolute atomic E-state index is 0.0617. The number of carbonyl (C=O) groups excluding carboxylic acids is 1. The van der Waals surface area contributed by atoms with Gasteiger partial charge in [-0.15, -0.1) is 0 Å². The second kappa shape index (κ2) is 7.55. The number of H-pyrrole nitrogens is 1. The van der Waals surface area contributed by atoms with Crippen molar-refractivity contribution in [2.45, 2.75) is 25.4 Å². The maximum Gasteiger partial charge on any atom is 0.266 e. The lowest BCUT2D eigenvalue weighted by molar-refractivity contribution is -0.0574. The van der Waals surface area contributed by atoms with E-state index >= 15 is 0 Å². The van der Waals surface area contributed by atoms with E-state index in [4.69, 9.17) is 21.6 Å². The number of amides is 1. The van der Waals surface area contributed by atoms with Crippen LogP contribution in [-0.4, -0.2) is 36.0 Å². The van der Waals surface area contributed by atoms with Crippen LogP contribution in [0.3, 0.4) is 0 Å². The summed E-state index contributed by atoms with van der Waals surface area (Å²) >= 11 is 5.98. The molecule has 0 atom stereocenters. The summed E-state index contributed by atoms with van der Waals surface area (Å²) in [5.74, 6) is -0.193. The van der Waals surface area contributed by atoms with Gasteiger partial charge in [0, 0.05) is 30.9 Å². The van der Waals surface area contributed by atoms with Crippen LogP contribution in [-0.2, 0) is 10.3 Å². The molecule has 1 aromatic carbocycles. The van der Waals surface area contributed by atoms with Gasteiger partial charge in [0.1, 0.15) is 11.6 Å². The number of hydrogen-bond acceptors (Lipinski definition) is 4. The molecule has 2 heterocycles. The third-order valence-corrected chi connectivity index (χ3v) is 5.46. The molecule has 1 aliphatic rings. The lowest BCUT2D eigenvalue weighted by Gasteiger charge is -2.41. The number of benzene rings is 1. The largest absolute Gasteiger partial charge is 0.373 e. The number of carbonyl (C=O) groups is 1. The number of halogens is 1. The molecular weight excluding hydrogens is 366 g/mol. The molecule has 140 valence electrons. The van der Waals surface area contributed by atoms with Gasteiger partial charge in [0.15, 0.2) is 0 Å². The van der Waals surface area contributed by atoms with E-state index in [1.54, 1.807) is 18.9 Å². The molecule has 27 heavy (non-hydrogen) atoms. The molecule has 1 fully saturated rings. The number of likely N-dealkylation sites (tertiary alicyclic amines) is 1. The summed E-state index contributed by atoms with van der Waals surface area (Å²) in [4.78, 5) is 28.9. The number of aromatic amines is 1. The SMILES string of the molecule is COC1(c2ccc(Cl)cc2)CCN(C(=O)c2cc(C#N)c(=O)[nH]c2C)CC1. The second-order valence-corrected chi connectivity index (χ2v) is 7.10. The summed E-state index contributed by atoms with van der Waals surface area (Å²) in [5.41, 5.74) is 0.847. The van der Waals surface area contributed by atoms with Gasteiger partial charge in [-0.25, -0.2) is 0 Å². The molecule has 1 aromatic heterocycles. The lowest BCUT2D eigenvalue weighted by Crippen LogP contribution is -2.46. The Labute approximate surface area is 162 Å². The summed E-state index contributed by atoms with van der Waals surface area (Å²) < 4.78 is 5.84. The van der Waals surface area contributed by atoms with Crippen LogP contribution >= 0.6 is 11.6 Å². The van der Waals surface area contributed by atoms with Crippen molar-refractivity contribution in [3.05, 3.63) is 68.1 Å². The molecule has 0 unspecified atom stereocenters. The number of nitrogens with zero attached hydrogens (tertiary/aromatic N) is 2. The van der Waals surface area contributed by atoms with Crippen molar-refractivity contribution in [2.75, 3.05) is 20.2 Å². The van der Waals surface area contributed by atoms with E-state index in [0.29, 0.717) is 42.2 Å². The predicted molar refractivity (Wildman–Crippen MR) is 102 cm³/mol. The van der Waals surface area contributed by atoms with E-state index in [1.807, 2.05) is 30.3 Å². The molecule has 1 saturated heterocycles. The third-order valence-electron chi connectivity index (χ3n) is 5.21. The van der Waals surface area contributed by atoms with Crippen LogP contribution in [0.1, 0.15) is 40.0 Å². The first-order chi connectivity index (χ1) is 12.9. The minimum atomic E-state index is -0.480. The lowest BCUT2D eigenvalue weighted by atomic mass is 9.84. The summed E-state index contributed by atoms with van der Waals surface area (Å²) in [6.07, 6.45) is 1.29. The first-order valence-electron chi connectivity index (χ1n) is 8.65. The van der Waals surface area contributed by atoms with Gasteiger partial charge in [0.2, 0.25) is 0 Å². The molecule has 3 rings (SSSR count). The Kier molecular flexibility index (Phi) is 5.36. The Morgan fingerprint density at radius 1 is 1.30 bits per heavy atom. The van der Waals surface area contributed by atoms with Gasteiger partial charge in [0.05, 0.1) is 11.2 Å². The monoisotopic (exact) mass is 385 g/mol. The number of aromatic nitrogens is 1. The molecule has 2 aromatic rings. The normalized spacial score (nSPS) is 16.0. The molecular formula is C20H20ClN3O3. The number of methoxy groups -OCH3 is 1. The van der Waals surface area contributed by atoms with Crippen LogP contribution in [0.5, 0.6) is 0 Å². The number of pyridine rings is 1. The van der Waals surface area contributed by atoms with Crippen molar-refractivity contribution < 1.29 is 9.53 Å². The zero-order valence-corrected chi connectivity index (χ0v) is 16.0. The third kappa shape index (κ3) is 3.61. The highest BCUT2D eigenvalue weighted by molar-refractivity contribution is 6.30. The van der Waals surface area contributed by atoms with E-state index in [9.17, 15) is 9.59 Å². The van der Waals surface area contributed by atoms with Gasteiger partial charge < -0.3 is 14.6 Å². The highest BCUT2D eigenvalue weighted by atomic mass is 35.5. The van der Waals surface area contributed by atoms with Crippen molar-refractivity contribution in [1.29, 1.82) is 5.26 Å². The molecule has 1 N–H and O–H groups in total. The number of rotatable bonds is 3. The first kappa shape index (κ1) is 19.2. The molecule has 0 spiro atoms. The summed E-state index contributed by atoms with van der Waals surface area (Å²) in [6.45, 7) is 2.68. The molecule has 7 heteroatoms. The number of nitrogens with one attached hydrogen (secondary N) is 1. The first-order valence-corrected chi connectivity index (χ1v) is 9.02. The molecule has 1 amide bonds. The topological polar surface area (TPSA) is 86.2 Å². The van der Waals surface area contributed by atoms with Crippen molar-refractivity contribution >= 4 is 17.5 Å². The molecule has 0 bridgehead atoms. The summed E-state index contributed by atoms with van der Waals surface area (Å²) in [5, 5.41) is 9.72. The Hall–Kier alpha value is -2.62. The molecule has 1 aliphatic heterocycles. The van der Waals surface area contributed by atoms with Gasteiger partial charge in [-0.2, -0.15) is 5.26 Å². The highest BCUT2D eigenvalue weighted by Gasteiger charge is 2.38. The van der Waals surface area contributed by atoms with Crippen LogP contribution in [0.15, 0.2) is 35.1 Å². The fourth-order valence-corrected chi connectivity index (χ4v) is 3.66. The Morgan fingerprint density at radius 2 is 1.93 bits per heavy atom. The van der Waals surface area contributed by atoms with Crippen LogP contribution < -0.4 is 5.56 Å². The van der Waals surface area contributed by atoms with E-state index in [2.05, 4.69) is 4.98 Å². The van der Waals surface area contributed by atoms with Gasteiger partial charge in [-0.3, -0.25) is 9.59 Å². The maximum absolute atomic E-state index is 12.9. The van der Waals surface area contributed by atoms with Crippen molar-refractivity contribution in [2.24, 2.45) is 0 Å². The van der Waals surface area contributed by atoms with Crippen LogP contribution in [0.25, 0.3) is 0 Å². The minimum Gasteiger partial charge on any atom is -0.373 e. The predicted octanol–water partition coefficient (Wildman–Crippen LogP) is 2.99. The smallest absolute Gasteiger partial charge is 0.266 e. The van der Waals surface area contributed by atoms with Crippen molar-refractivity contribution in [1.82, 2.24) is 9.88 Å². The second-order valence-electron chi connectivity index (χ2n) is 6.66. The fourth-order valence-electron chi connectivity index (χ4n) is 3.53. The number of aryl methyl sites for hydroxylation is 1. The van der Waals surface area contributed by atoms with Crippen LogP contribution in [0, 0.1) is 18.3 Å². The van der Waals surface area contributed by atoms with E-state index in [-0.39, 0.29) is 11.5 Å². The Bertz CT molecular complexity index is 952. The number of ether oxygens (including phenoxy) is 1. The standard InChI is InChI=1S/C20H20ClN3O3/c1-13-17(11-14(12-22)18(25)23-13)19(26)24-9-7-20(27-2,8-10-24)15-3-5-16(21)6-4-15/h3-6,11H,7-10H2,1-2H3,(H,23,25). The fraction of sp³-hybridized carbons (Fsp3) is 0.350. The number of nitriles is 1. The molecule has 0 aliphatic carbocycles. The van der Waals surface area contributed by atoms with Crippen molar-refractivity contribution in [3.63, 3.8) is 0 Å². The van der Waals surface area contributed by atoms with Crippen molar-refractivity contribution in [3.8, 4) is 6.07 Å². The van der Waals surface area contributed by atoms with Crippen LogP contribution in [0.2, 0.25) is 5.02 Å². The summed E-state index contributed by atoms with van der Waals surface area (Å²) in [6, 6.07) is 10.8. The highest BCUT2D eigenvalue weighted by Crippen LogP contribution is 2.37. The Morgan fingerprint density at radius 3 is 2.48 bits per heavy atom. The quantitative estimate of drug-likeness (QED) is 0.879. The average Bonchev–Trinajstić information content (AvgIpc) is 2.68. The molecule has 0 radical (unpaired) electrons. The zero-order valence-electron chi connectivity index (χ0n) is 15.2. The average molecular weight is 386 g/mol. The van der Waals surface area contributed by atoms with Gasteiger partial charge in [-0.05, 0) is 43.5 Å². The van der Waals surface area contributed by atoms with E-state index < -0.39 is 11.2 Å². The van der Waals surface area contributed by atoms with Gasteiger partial charge in [0.25, 0.3) is 11.5 Å². The summed E-state index contributed by atoms with van der Waals surface area (Å²) in [7, 11) is 1.68. The number of hydrogen-bond donors (Lipinski definition) is 1. The maximum atomic E-state index is 12.9. The van der Waals surface area contributed by atoms with E-state index in [1.165, 1.54) is 6.07 Å². The van der Waals surface area contributed by atoms with Crippen LogP contribution in [0.4, 0.5) is 0 Å². The van der Waals surface area contributed by atoms with Gasteiger partial charge in [-0.1, -0.05) is 23.7 Å². The zero-order chi connectivity index (χ0) is 19.6. The van der Waals surface area contributed by atoms with Gasteiger partial charge >= 0.3 is 0 Å². The van der Waals surface area contributed by atoms with E-state index in [0.717, 1.165) is 5.56 Å². The molecule has 0 saturated carbocycles.